The van der Waals surface area contributed by atoms with E-state index in [2.05, 4.69) is 22.9 Å². The first kappa shape index (κ1) is 36.3. The van der Waals surface area contributed by atoms with E-state index in [0.29, 0.717) is 12.8 Å². The van der Waals surface area contributed by atoms with Crippen LogP contribution in [-0.2, 0) is 24.0 Å². The first-order valence-corrected chi connectivity index (χ1v) is 14.1. The summed E-state index contributed by atoms with van der Waals surface area (Å²) in [5.41, 5.74) is 10.5. The van der Waals surface area contributed by atoms with Crippen molar-refractivity contribution in [2.45, 2.75) is 128 Å². The standard InChI is InChI=1S/C27H51N5O7/c1-4-5-6-7-8-9-10-11-20(34)15-25(37)31-22(16-24(29)36)27(39)32-21(12-13-23(28)35)26(38)30-19(17-33)14-18(2)3/h18-22,33-34H,4-17H2,1-3H3,(H2,28,35)(H2,29,36)(H,30,38)(H,31,37)(H,32,39)/t19-,20+,21-,22-/m0/s1. The average molecular weight is 558 g/mol. The van der Waals surface area contributed by atoms with E-state index in [1.54, 1.807) is 0 Å². The molecule has 0 rings (SSSR count). The summed E-state index contributed by atoms with van der Waals surface area (Å²) < 4.78 is 0. The summed E-state index contributed by atoms with van der Waals surface area (Å²) >= 11 is 0. The van der Waals surface area contributed by atoms with Crippen molar-refractivity contribution in [3.05, 3.63) is 0 Å². The predicted molar refractivity (Wildman–Crippen MR) is 148 cm³/mol. The molecule has 12 heteroatoms. The molecule has 0 heterocycles. The number of hydrogen-bond donors (Lipinski definition) is 7. The molecule has 0 radical (unpaired) electrons. The van der Waals surface area contributed by atoms with Gasteiger partial charge in [0.05, 0.1) is 31.6 Å². The highest BCUT2D eigenvalue weighted by Crippen LogP contribution is 2.11. The zero-order chi connectivity index (χ0) is 29.8. The van der Waals surface area contributed by atoms with Crippen LogP contribution >= 0.6 is 0 Å². The van der Waals surface area contributed by atoms with E-state index in [-0.39, 0.29) is 31.8 Å². The normalized spacial score (nSPS) is 14.2. The maximum absolute atomic E-state index is 13.0. The van der Waals surface area contributed by atoms with E-state index >= 15 is 0 Å². The molecule has 0 saturated heterocycles. The minimum atomic E-state index is -1.38. The van der Waals surface area contributed by atoms with E-state index in [1.165, 1.54) is 19.3 Å². The highest BCUT2D eigenvalue weighted by molar-refractivity contribution is 5.95. The van der Waals surface area contributed by atoms with Gasteiger partial charge in [-0.05, 0) is 25.2 Å². The number of aliphatic hydroxyl groups excluding tert-OH is 2. The van der Waals surface area contributed by atoms with Crippen molar-refractivity contribution >= 4 is 29.5 Å². The Balaban J connectivity index is 5.10. The lowest BCUT2D eigenvalue weighted by Gasteiger charge is -2.25. The molecule has 39 heavy (non-hydrogen) atoms. The Hall–Kier alpha value is -2.73. The van der Waals surface area contributed by atoms with Gasteiger partial charge in [0, 0.05) is 6.42 Å². The number of unbranched alkanes of at least 4 members (excludes halogenated alkanes) is 6. The van der Waals surface area contributed by atoms with Gasteiger partial charge in [-0.3, -0.25) is 24.0 Å². The number of nitrogens with one attached hydrogen (secondary N) is 3. The van der Waals surface area contributed by atoms with Gasteiger partial charge < -0.3 is 37.6 Å². The van der Waals surface area contributed by atoms with E-state index in [1.807, 2.05) is 13.8 Å². The van der Waals surface area contributed by atoms with Crippen LogP contribution in [0.2, 0.25) is 0 Å². The van der Waals surface area contributed by atoms with Gasteiger partial charge in [-0.15, -0.1) is 0 Å². The summed E-state index contributed by atoms with van der Waals surface area (Å²) in [6, 6.07) is -3.15. The number of carbonyl (C=O) groups excluding carboxylic acids is 5. The molecule has 0 aliphatic rings. The quantitative estimate of drug-likeness (QED) is 0.0883. The van der Waals surface area contributed by atoms with Crippen molar-refractivity contribution in [1.82, 2.24) is 16.0 Å². The Morgan fingerprint density at radius 3 is 1.87 bits per heavy atom. The molecule has 0 aliphatic carbocycles. The highest BCUT2D eigenvalue weighted by Gasteiger charge is 2.29. The Morgan fingerprint density at radius 2 is 1.33 bits per heavy atom. The van der Waals surface area contributed by atoms with Gasteiger partial charge in [0.2, 0.25) is 29.5 Å². The van der Waals surface area contributed by atoms with Crippen molar-refractivity contribution in [3.8, 4) is 0 Å². The van der Waals surface area contributed by atoms with E-state index in [4.69, 9.17) is 11.5 Å². The Labute approximate surface area is 232 Å². The molecule has 4 atom stereocenters. The lowest BCUT2D eigenvalue weighted by Crippen LogP contribution is -2.56. The molecule has 0 unspecified atom stereocenters. The molecule has 12 nitrogen and oxygen atoms in total. The van der Waals surface area contributed by atoms with Crippen LogP contribution in [0.3, 0.4) is 0 Å². The van der Waals surface area contributed by atoms with Crippen LogP contribution in [0.4, 0.5) is 0 Å². The summed E-state index contributed by atoms with van der Waals surface area (Å²) in [4.78, 5) is 61.2. The first-order valence-electron chi connectivity index (χ1n) is 14.1. The number of nitrogens with two attached hydrogens (primary N) is 2. The van der Waals surface area contributed by atoms with E-state index in [9.17, 15) is 34.2 Å². The lowest BCUT2D eigenvalue weighted by atomic mass is 10.0. The SMILES string of the molecule is CCCCCCCCC[C@@H](O)CC(=O)N[C@@H](CC(N)=O)C(=O)N[C@@H](CCC(N)=O)C(=O)N[C@H](CO)CC(C)C. The zero-order valence-corrected chi connectivity index (χ0v) is 23.9. The molecule has 226 valence electrons. The third-order valence-corrected chi connectivity index (χ3v) is 6.25. The summed E-state index contributed by atoms with van der Waals surface area (Å²) in [7, 11) is 0. The first-order chi connectivity index (χ1) is 18.4. The second-order valence-electron chi connectivity index (χ2n) is 10.6. The molecule has 0 fully saturated rings. The van der Waals surface area contributed by atoms with Gasteiger partial charge in [-0.25, -0.2) is 0 Å². The van der Waals surface area contributed by atoms with Crippen molar-refractivity contribution in [3.63, 3.8) is 0 Å². The fourth-order valence-corrected chi connectivity index (χ4v) is 4.19. The summed E-state index contributed by atoms with van der Waals surface area (Å²) in [6.45, 7) is 5.68. The van der Waals surface area contributed by atoms with Crippen molar-refractivity contribution in [2.24, 2.45) is 17.4 Å². The largest absolute Gasteiger partial charge is 0.394 e. The molecule has 0 saturated carbocycles. The number of carbonyl (C=O) groups is 5. The Bertz CT molecular complexity index is 763. The van der Waals surface area contributed by atoms with Crippen molar-refractivity contribution in [2.75, 3.05) is 6.61 Å². The second kappa shape index (κ2) is 21.1. The van der Waals surface area contributed by atoms with Gasteiger partial charge in [0.15, 0.2) is 0 Å². The van der Waals surface area contributed by atoms with Crippen molar-refractivity contribution in [1.29, 1.82) is 0 Å². The molecule has 0 aromatic carbocycles. The molecular weight excluding hydrogens is 506 g/mol. The second-order valence-corrected chi connectivity index (χ2v) is 10.6. The minimum absolute atomic E-state index is 0.124. The van der Waals surface area contributed by atoms with E-state index in [0.717, 1.165) is 25.7 Å². The number of hydrogen-bond acceptors (Lipinski definition) is 7. The van der Waals surface area contributed by atoms with Crippen LogP contribution in [0.25, 0.3) is 0 Å². The topological polar surface area (TPSA) is 214 Å². The number of rotatable bonds is 23. The summed E-state index contributed by atoms with van der Waals surface area (Å²) in [6.07, 6.45) is 6.43. The predicted octanol–water partition coefficient (Wildman–Crippen LogP) is 0.512. The fourth-order valence-electron chi connectivity index (χ4n) is 4.19. The number of primary amides is 2. The van der Waals surface area contributed by atoms with Crippen LogP contribution in [0.5, 0.6) is 0 Å². The van der Waals surface area contributed by atoms with Gasteiger partial charge in [-0.1, -0.05) is 65.7 Å². The van der Waals surface area contributed by atoms with Gasteiger partial charge in [-0.2, -0.15) is 0 Å². The maximum atomic E-state index is 13.0. The third kappa shape index (κ3) is 19.0. The summed E-state index contributed by atoms with van der Waals surface area (Å²) in [5.74, 6) is -3.48. The van der Waals surface area contributed by atoms with E-state index < -0.39 is 60.2 Å². The molecular formula is C27H51N5O7. The molecule has 0 aromatic rings. The van der Waals surface area contributed by atoms with Gasteiger partial charge in [0.1, 0.15) is 12.1 Å². The number of amides is 5. The Kier molecular flexibility index (Phi) is 19.7. The molecule has 0 aliphatic heterocycles. The average Bonchev–Trinajstić information content (AvgIpc) is 2.84. The number of aliphatic hydroxyl groups is 2. The third-order valence-electron chi connectivity index (χ3n) is 6.25. The smallest absolute Gasteiger partial charge is 0.243 e. The van der Waals surface area contributed by atoms with Gasteiger partial charge in [0.25, 0.3) is 0 Å². The molecule has 0 aromatic heterocycles. The molecule has 0 spiro atoms. The minimum Gasteiger partial charge on any atom is -0.394 e. The van der Waals surface area contributed by atoms with Crippen LogP contribution in [0, 0.1) is 5.92 Å². The lowest BCUT2D eigenvalue weighted by molar-refractivity contribution is -0.134. The van der Waals surface area contributed by atoms with Crippen LogP contribution in [0.15, 0.2) is 0 Å². The van der Waals surface area contributed by atoms with Crippen LogP contribution in [0.1, 0.15) is 104 Å². The summed E-state index contributed by atoms with van der Waals surface area (Å²) in [5, 5.41) is 27.3. The monoisotopic (exact) mass is 557 g/mol. The fraction of sp³-hybridized carbons (Fsp3) is 0.815. The van der Waals surface area contributed by atoms with Crippen LogP contribution < -0.4 is 27.4 Å². The molecule has 0 bridgehead atoms. The van der Waals surface area contributed by atoms with Crippen molar-refractivity contribution < 1.29 is 34.2 Å². The molecule has 9 N–H and O–H groups in total. The Morgan fingerprint density at radius 1 is 0.744 bits per heavy atom. The highest BCUT2D eigenvalue weighted by atomic mass is 16.3. The van der Waals surface area contributed by atoms with Crippen LogP contribution in [-0.4, -0.2) is 70.6 Å². The maximum Gasteiger partial charge on any atom is 0.243 e. The molecule has 5 amide bonds. The zero-order valence-electron chi connectivity index (χ0n) is 23.9. The van der Waals surface area contributed by atoms with Gasteiger partial charge >= 0.3 is 0 Å².